The van der Waals surface area contributed by atoms with Crippen molar-refractivity contribution in [3.05, 3.63) is 0 Å². The minimum absolute atomic E-state index is 0.215. The Morgan fingerprint density at radius 2 is 1.85 bits per heavy atom. The molecule has 1 atom stereocenters. The van der Waals surface area contributed by atoms with E-state index < -0.39 is 12.5 Å². The van der Waals surface area contributed by atoms with Gasteiger partial charge in [-0.15, -0.1) is 0 Å². The molecule has 13 heavy (non-hydrogen) atoms. The number of likely N-dealkylation sites (N-methyl/N-ethyl adjacent to an activating group) is 1. The molecule has 0 N–H and O–H groups in total. The zero-order chi connectivity index (χ0) is 10.0. The average molecular weight is 192 g/mol. The van der Waals surface area contributed by atoms with Crippen LogP contribution in [0, 0.1) is 0 Å². The van der Waals surface area contributed by atoms with Crippen LogP contribution in [0.3, 0.4) is 0 Å². The lowest BCUT2D eigenvalue weighted by Gasteiger charge is -2.41. The van der Waals surface area contributed by atoms with Gasteiger partial charge in [0.25, 0.3) is 6.43 Å². The number of nitrogens with zero attached hydrogens (tertiary/aromatic N) is 2. The quantitative estimate of drug-likeness (QED) is 0.650. The zero-order valence-electron chi connectivity index (χ0n) is 8.50. The Hall–Kier alpha value is -0.220. The standard InChI is InChI=1S/C9H18F2N2/c1-7(2)13-5-4-12(3)6-8(13)9(10)11/h7-9H,4-6H2,1-3H3/t8-/m0/s1. The predicted molar refractivity (Wildman–Crippen MR) is 49.1 cm³/mol. The predicted octanol–water partition coefficient (Wildman–Crippen LogP) is 1.28. The molecule has 4 heteroatoms. The third-order valence-electron chi connectivity index (χ3n) is 2.62. The minimum atomic E-state index is -2.23. The molecule has 1 aliphatic heterocycles. The van der Waals surface area contributed by atoms with Crippen LogP contribution in [0.15, 0.2) is 0 Å². The second kappa shape index (κ2) is 4.33. The molecule has 0 bridgehead atoms. The summed E-state index contributed by atoms with van der Waals surface area (Å²) in [6, 6.07) is -0.369. The summed E-state index contributed by atoms with van der Waals surface area (Å²) < 4.78 is 25.3. The van der Waals surface area contributed by atoms with E-state index in [4.69, 9.17) is 0 Å². The van der Waals surface area contributed by atoms with E-state index in [1.807, 2.05) is 30.7 Å². The van der Waals surface area contributed by atoms with Gasteiger partial charge in [0, 0.05) is 25.7 Å². The topological polar surface area (TPSA) is 6.48 Å². The number of hydrogen-bond acceptors (Lipinski definition) is 2. The van der Waals surface area contributed by atoms with Gasteiger partial charge < -0.3 is 4.90 Å². The van der Waals surface area contributed by atoms with Crippen molar-refractivity contribution in [2.45, 2.75) is 32.4 Å². The highest BCUT2D eigenvalue weighted by Gasteiger charge is 2.33. The largest absolute Gasteiger partial charge is 0.303 e. The first-order valence-electron chi connectivity index (χ1n) is 4.75. The van der Waals surface area contributed by atoms with Gasteiger partial charge in [-0.2, -0.15) is 0 Å². The van der Waals surface area contributed by atoms with Crippen molar-refractivity contribution in [3.63, 3.8) is 0 Å². The molecule has 0 spiro atoms. The van der Waals surface area contributed by atoms with E-state index in [0.717, 1.165) is 13.1 Å². The molecule has 1 aliphatic rings. The first kappa shape index (κ1) is 10.9. The summed E-state index contributed by atoms with van der Waals surface area (Å²) in [4.78, 5) is 3.86. The van der Waals surface area contributed by atoms with Crippen LogP contribution in [0.4, 0.5) is 8.78 Å². The Labute approximate surface area is 78.5 Å². The van der Waals surface area contributed by atoms with Crippen molar-refractivity contribution < 1.29 is 8.78 Å². The Kier molecular flexibility index (Phi) is 3.62. The van der Waals surface area contributed by atoms with Crippen LogP contribution in [0.25, 0.3) is 0 Å². The molecule has 1 saturated heterocycles. The average Bonchev–Trinajstić information content (AvgIpc) is 2.03. The summed E-state index contributed by atoms with van der Waals surface area (Å²) in [6.07, 6.45) is -2.23. The summed E-state index contributed by atoms with van der Waals surface area (Å²) in [5, 5.41) is 0. The monoisotopic (exact) mass is 192 g/mol. The summed E-state index contributed by atoms with van der Waals surface area (Å²) in [6.45, 7) is 6.07. The summed E-state index contributed by atoms with van der Waals surface area (Å²) >= 11 is 0. The second-order valence-corrected chi connectivity index (χ2v) is 4.00. The van der Waals surface area contributed by atoms with Crippen LogP contribution in [0.5, 0.6) is 0 Å². The van der Waals surface area contributed by atoms with Gasteiger partial charge in [-0.25, -0.2) is 8.78 Å². The second-order valence-electron chi connectivity index (χ2n) is 4.00. The van der Waals surface area contributed by atoms with Crippen LogP contribution in [0.2, 0.25) is 0 Å². The Balaban J connectivity index is 2.60. The van der Waals surface area contributed by atoms with Gasteiger partial charge in [-0.1, -0.05) is 0 Å². The molecular weight excluding hydrogens is 174 g/mol. The van der Waals surface area contributed by atoms with E-state index in [-0.39, 0.29) is 6.04 Å². The Morgan fingerprint density at radius 3 is 2.31 bits per heavy atom. The van der Waals surface area contributed by atoms with Crippen molar-refractivity contribution in [2.75, 3.05) is 26.7 Å². The lowest BCUT2D eigenvalue weighted by Crippen LogP contribution is -2.57. The van der Waals surface area contributed by atoms with Gasteiger partial charge >= 0.3 is 0 Å². The number of hydrogen-bond donors (Lipinski definition) is 0. The third-order valence-corrected chi connectivity index (χ3v) is 2.62. The van der Waals surface area contributed by atoms with Crippen LogP contribution in [0.1, 0.15) is 13.8 Å². The van der Waals surface area contributed by atoms with Crippen LogP contribution < -0.4 is 0 Å². The molecule has 0 saturated carbocycles. The van der Waals surface area contributed by atoms with Crippen molar-refractivity contribution in [3.8, 4) is 0 Å². The Morgan fingerprint density at radius 1 is 1.23 bits per heavy atom. The molecule has 1 rings (SSSR count). The fraction of sp³-hybridized carbons (Fsp3) is 1.00. The van der Waals surface area contributed by atoms with Crippen molar-refractivity contribution in [1.82, 2.24) is 9.80 Å². The van der Waals surface area contributed by atoms with Crippen molar-refractivity contribution >= 4 is 0 Å². The molecule has 0 aliphatic carbocycles. The molecule has 0 aromatic carbocycles. The fourth-order valence-corrected chi connectivity index (χ4v) is 1.83. The van der Waals surface area contributed by atoms with E-state index in [0.29, 0.717) is 6.54 Å². The Bertz CT molecular complexity index is 162. The lowest BCUT2D eigenvalue weighted by molar-refractivity contribution is -0.0317. The van der Waals surface area contributed by atoms with Crippen LogP contribution >= 0.6 is 0 Å². The van der Waals surface area contributed by atoms with E-state index in [2.05, 4.69) is 0 Å². The third kappa shape index (κ3) is 2.61. The van der Waals surface area contributed by atoms with Gasteiger partial charge in [0.15, 0.2) is 0 Å². The highest BCUT2D eigenvalue weighted by molar-refractivity contribution is 4.84. The molecule has 2 nitrogen and oxygen atoms in total. The number of halogens is 2. The summed E-state index contributed by atoms with van der Waals surface area (Å²) in [5.41, 5.74) is 0. The fourth-order valence-electron chi connectivity index (χ4n) is 1.83. The van der Waals surface area contributed by atoms with E-state index in [1.165, 1.54) is 0 Å². The first-order chi connectivity index (χ1) is 6.02. The van der Waals surface area contributed by atoms with E-state index >= 15 is 0 Å². The summed E-state index contributed by atoms with van der Waals surface area (Å²) in [5.74, 6) is 0. The molecular formula is C9H18F2N2. The van der Waals surface area contributed by atoms with Crippen molar-refractivity contribution in [1.29, 1.82) is 0 Å². The molecule has 1 heterocycles. The first-order valence-corrected chi connectivity index (χ1v) is 4.75. The van der Waals surface area contributed by atoms with Gasteiger partial charge in [0.2, 0.25) is 0 Å². The maximum absolute atomic E-state index is 12.6. The molecule has 1 fully saturated rings. The van der Waals surface area contributed by atoms with E-state index in [9.17, 15) is 8.78 Å². The minimum Gasteiger partial charge on any atom is -0.303 e. The van der Waals surface area contributed by atoms with Crippen LogP contribution in [-0.2, 0) is 0 Å². The SMILES string of the molecule is CC(C)N1CCN(C)C[C@H]1C(F)F. The molecule has 0 radical (unpaired) electrons. The molecule has 0 amide bonds. The number of rotatable bonds is 2. The number of alkyl halides is 2. The molecule has 0 unspecified atom stereocenters. The highest BCUT2D eigenvalue weighted by Crippen LogP contribution is 2.17. The maximum Gasteiger partial charge on any atom is 0.255 e. The lowest BCUT2D eigenvalue weighted by atomic mass is 10.1. The van der Waals surface area contributed by atoms with Gasteiger partial charge in [-0.05, 0) is 20.9 Å². The van der Waals surface area contributed by atoms with Gasteiger partial charge in [0.05, 0.1) is 6.04 Å². The number of piperazine rings is 1. The zero-order valence-corrected chi connectivity index (χ0v) is 8.50. The molecule has 0 aromatic rings. The van der Waals surface area contributed by atoms with Gasteiger partial charge in [-0.3, -0.25) is 4.90 Å². The van der Waals surface area contributed by atoms with E-state index in [1.54, 1.807) is 0 Å². The summed E-state index contributed by atoms with van der Waals surface area (Å²) in [7, 11) is 1.90. The van der Waals surface area contributed by atoms with Crippen molar-refractivity contribution in [2.24, 2.45) is 0 Å². The van der Waals surface area contributed by atoms with Crippen LogP contribution in [-0.4, -0.2) is 55.0 Å². The molecule has 78 valence electrons. The smallest absolute Gasteiger partial charge is 0.255 e. The maximum atomic E-state index is 12.6. The highest BCUT2D eigenvalue weighted by atomic mass is 19.3. The normalized spacial score (nSPS) is 27.5. The molecule has 0 aromatic heterocycles. The van der Waals surface area contributed by atoms with Gasteiger partial charge in [0.1, 0.15) is 0 Å².